The number of hydrogen-bond acceptors (Lipinski definition) is 2. The normalized spacial score (nSPS) is 17.3. The smallest absolute Gasteiger partial charge is 0.251 e. The highest BCUT2D eigenvalue weighted by atomic mass is 16.1. The Bertz CT molecular complexity index is 1100. The van der Waals surface area contributed by atoms with E-state index < -0.39 is 0 Å². The predicted octanol–water partition coefficient (Wildman–Crippen LogP) is 6.12. The van der Waals surface area contributed by atoms with Gasteiger partial charge < -0.3 is 5.32 Å². The molecule has 0 spiro atoms. The Morgan fingerprint density at radius 1 is 0.912 bits per heavy atom. The number of likely N-dealkylation sites (tertiary alicyclic amines) is 1. The largest absolute Gasteiger partial charge is 0.346 e. The molecule has 1 heterocycles. The van der Waals surface area contributed by atoms with E-state index in [1.807, 2.05) is 12.1 Å². The zero-order valence-electron chi connectivity index (χ0n) is 20.3. The summed E-state index contributed by atoms with van der Waals surface area (Å²) >= 11 is 0. The van der Waals surface area contributed by atoms with Gasteiger partial charge in [-0.2, -0.15) is 0 Å². The lowest BCUT2D eigenvalue weighted by atomic mass is 9.90. The summed E-state index contributed by atoms with van der Waals surface area (Å²) in [5.74, 6) is 0.790. The summed E-state index contributed by atoms with van der Waals surface area (Å²) in [5, 5.41) is 3.18. The maximum atomic E-state index is 12.8. The Hall–Kier alpha value is -2.91. The summed E-state index contributed by atoms with van der Waals surface area (Å²) in [6.45, 7) is 5.34. The van der Waals surface area contributed by atoms with Crippen LogP contribution in [0.1, 0.15) is 70.4 Å². The van der Waals surface area contributed by atoms with E-state index >= 15 is 0 Å². The van der Waals surface area contributed by atoms with E-state index in [0.29, 0.717) is 0 Å². The number of amides is 1. The summed E-state index contributed by atoms with van der Waals surface area (Å²) < 4.78 is 0. The van der Waals surface area contributed by atoms with Crippen molar-refractivity contribution in [2.45, 2.75) is 58.0 Å². The number of aryl methyl sites for hydroxylation is 2. The van der Waals surface area contributed by atoms with Crippen molar-refractivity contribution in [3.63, 3.8) is 0 Å². The number of nitrogens with one attached hydrogen (secondary N) is 1. The molecule has 3 aromatic rings. The van der Waals surface area contributed by atoms with Crippen LogP contribution in [0.3, 0.4) is 0 Å². The van der Waals surface area contributed by atoms with Crippen LogP contribution in [0.25, 0.3) is 0 Å². The molecule has 0 aromatic heterocycles. The maximum absolute atomic E-state index is 12.8. The molecule has 5 rings (SSSR count). The lowest BCUT2D eigenvalue weighted by Gasteiger charge is -2.32. The number of hydrogen-bond donors (Lipinski definition) is 1. The summed E-state index contributed by atoms with van der Waals surface area (Å²) in [5.41, 5.74) is 7.59. The molecule has 1 saturated heterocycles. The van der Waals surface area contributed by atoms with Crippen LogP contribution in [0.2, 0.25) is 0 Å². The maximum Gasteiger partial charge on any atom is 0.251 e. The monoisotopic (exact) mass is 452 g/mol. The molecular weight excluding hydrogens is 416 g/mol. The van der Waals surface area contributed by atoms with Crippen LogP contribution in [0, 0.1) is 5.92 Å². The van der Waals surface area contributed by atoms with Gasteiger partial charge in [0.25, 0.3) is 5.91 Å². The van der Waals surface area contributed by atoms with Crippen LogP contribution in [-0.2, 0) is 25.8 Å². The van der Waals surface area contributed by atoms with Crippen LogP contribution >= 0.6 is 0 Å². The summed E-state index contributed by atoms with van der Waals surface area (Å²) in [6.07, 6.45) is 7.32. The zero-order chi connectivity index (χ0) is 23.3. The number of nitrogens with zero attached hydrogens (tertiary/aromatic N) is 1. The van der Waals surface area contributed by atoms with Crippen molar-refractivity contribution >= 4 is 5.91 Å². The molecule has 0 radical (unpaired) electrons. The van der Waals surface area contributed by atoms with Crippen LogP contribution in [0.5, 0.6) is 0 Å². The molecule has 3 aromatic carbocycles. The number of carbonyl (C=O) groups is 1. The van der Waals surface area contributed by atoms with Crippen molar-refractivity contribution in [2.24, 2.45) is 5.92 Å². The fourth-order valence-corrected chi connectivity index (χ4v) is 5.54. The number of rotatable bonds is 7. The minimum absolute atomic E-state index is 0.00118. The molecule has 1 amide bonds. The number of benzene rings is 3. The van der Waals surface area contributed by atoms with Crippen LogP contribution in [0.4, 0.5) is 0 Å². The minimum atomic E-state index is 0.00118. The van der Waals surface area contributed by atoms with Crippen molar-refractivity contribution < 1.29 is 4.79 Å². The van der Waals surface area contributed by atoms with Gasteiger partial charge in [0.15, 0.2) is 0 Å². The number of fused-ring (bicyclic) bond motifs is 1. The second-order valence-corrected chi connectivity index (χ2v) is 10.2. The fraction of sp³-hybridized carbons (Fsp3) is 0.387. The van der Waals surface area contributed by atoms with Gasteiger partial charge >= 0.3 is 0 Å². The van der Waals surface area contributed by atoms with E-state index in [9.17, 15) is 4.79 Å². The van der Waals surface area contributed by atoms with E-state index in [1.54, 1.807) is 0 Å². The van der Waals surface area contributed by atoms with Gasteiger partial charge in [0, 0.05) is 12.1 Å². The Morgan fingerprint density at radius 2 is 1.65 bits per heavy atom. The molecule has 176 valence electrons. The zero-order valence-corrected chi connectivity index (χ0v) is 20.3. The van der Waals surface area contributed by atoms with Crippen molar-refractivity contribution in [1.29, 1.82) is 0 Å². The third kappa shape index (κ3) is 5.59. The van der Waals surface area contributed by atoms with E-state index in [4.69, 9.17) is 0 Å². The van der Waals surface area contributed by atoms with Crippen molar-refractivity contribution in [2.75, 3.05) is 13.1 Å². The molecule has 1 aliphatic carbocycles. The molecule has 0 saturated carbocycles. The minimum Gasteiger partial charge on any atom is -0.346 e. The predicted molar refractivity (Wildman–Crippen MR) is 139 cm³/mol. The van der Waals surface area contributed by atoms with E-state index in [1.165, 1.54) is 59.9 Å². The van der Waals surface area contributed by atoms with Crippen LogP contribution in [-0.4, -0.2) is 23.9 Å². The second kappa shape index (κ2) is 10.6. The molecular formula is C31H36N2O. The fourth-order valence-electron chi connectivity index (χ4n) is 5.54. The van der Waals surface area contributed by atoms with E-state index in [0.717, 1.165) is 37.5 Å². The number of carbonyl (C=O) groups excluding carboxylic acids is 1. The summed E-state index contributed by atoms with van der Waals surface area (Å²) in [7, 11) is 0. The molecule has 1 aliphatic heterocycles. The average Bonchev–Trinajstić information content (AvgIpc) is 3.34. The third-order valence-corrected chi connectivity index (χ3v) is 7.67. The highest BCUT2D eigenvalue weighted by molar-refractivity contribution is 5.94. The van der Waals surface area contributed by atoms with Crippen molar-refractivity contribution in [3.05, 3.63) is 106 Å². The molecule has 3 nitrogen and oxygen atoms in total. The van der Waals surface area contributed by atoms with E-state index in [-0.39, 0.29) is 11.9 Å². The highest BCUT2D eigenvalue weighted by Crippen LogP contribution is 2.26. The molecule has 1 fully saturated rings. The Labute approximate surface area is 204 Å². The van der Waals surface area contributed by atoms with Crippen LogP contribution < -0.4 is 5.32 Å². The molecule has 1 atom stereocenters. The first-order chi connectivity index (χ1) is 16.6. The molecule has 34 heavy (non-hydrogen) atoms. The molecule has 0 bridgehead atoms. The molecule has 3 heteroatoms. The first-order valence-electron chi connectivity index (χ1n) is 12.9. The molecule has 0 unspecified atom stereocenters. The lowest BCUT2D eigenvalue weighted by Crippen LogP contribution is -2.33. The summed E-state index contributed by atoms with van der Waals surface area (Å²) in [6, 6.07) is 25.7. The van der Waals surface area contributed by atoms with Gasteiger partial charge in [0.05, 0.1) is 6.04 Å². The topological polar surface area (TPSA) is 32.3 Å². The van der Waals surface area contributed by atoms with Gasteiger partial charge in [-0.25, -0.2) is 0 Å². The Kier molecular flexibility index (Phi) is 7.10. The SMILES string of the molecule is C[C@H](NC(=O)c1ccc(CN2CCC(Cc3ccccc3)CC2)cc1)c1ccc2c(c1)CCC2. The van der Waals surface area contributed by atoms with Gasteiger partial charge in [0.2, 0.25) is 0 Å². The summed E-state index contributed by atoms with van der Waals surface area (Å²) in [4.78, 5) is 15.4. The quantitative estimate of drug-likeness (QED) is 0.468. The Balaban J connectivity index is 1.10. The van der Waals surface area contributed by atoms with Gasteiger partial charge in [-0.3, -0.25) is 9.69 Å². The van der Waals surface area contributed by atoms with Gasteiger partial charge in [-0.1, -0.05) is 60.7 Å². The van der Waals surface area contributed by atoms with Gasteiger partial charge in [-0.05, 0) is 104 Å². The molecule has 1 N–H and O–H groups in total. The average molecular weight is 453 g/mol. The molecule has 2 aliphatic rings. The van der Waals surface area contributed by atoms with E-state index in [2.05, 4.69) is 77.8 Å². The second-order valence-electron chi connectivity index (χ2n) is 10.2. The van der Waals surface area contributed by atoms with Crippen molar-refractivity contribution in [1.82, 2.24) is 10.2 Å². The number of piperidine rings is 1. The van der Waals surface area contributed by atoms with Gasteiger partial charge in [0.1, 0.15) is 0 Å². The van der Waals surface area contributed by atoms with Crippen LogP contribution in [0.15, 0.2) is 72.8 Å². The lowest BCUT2D eigenvalue weighted by molar-refractivity contribution is 0.0940. The standard InChI is InChI=1S/C31H36N2O/c1-23(29-15-14-27-8-5-9-30(27)21-29)32-31(34)28-12-10-26(11-13-28)22-33-18-16-25(17-19-33)20-24-6-3-2-4-7-24/h2-4,6-7,10-15,21,23,25H,5,8-9,16-20,22H2,1H3,(H,32,34)/t23-/m0/s1. The highest BCUT2D eigenvalue weighted by Gasteiger charge is 2.20. The van der Waals surface area contributed by atoms with Crippen molar-refractivity contribution in [3.8, 4) is 0 Å². The van der Waals surface area contributed by atoms with Gasteiger partial charge in [-0.15, -0.1) is 0 Å². The third-order valence-electron chi connectivity index (χ3n) is 7.67. The first-order valence-corrected chi connectivity index (χ1v) is 12.9. The first kappa shape index (κ1) is 22.9. The Morgan fingerprint density at radius 3 is 2.41 bits per heavy atom.